The SMILES string of the molecule is c1ccc(C2CC2N2CCNC(C3CC3)C2)cc1. The average molecular weight is 242 g/mol. The predicted molar refractivity (Wildman–Crippen MR) is 73.7 cm³/mol. The monoisotopic (exact) mass is 242 g/mol. The number of hydrogen-bond donors (Lipinski definition) is 1. The van der Waals surface area contributed by atoms with E-state index in [1.165, 1.54) is 38.9 Å². The second kappa shape index (κ2) is 4.36. The van der Waals surface area contributed by atoms with Crippen molar-refractivity contribution in [1.82, 2.24) is 10.2 Å². The Morgan fingerprint density at radius 1 is 1.11 bits per heavy atom. The van der Waals surface area contributed by atoms with Gasteiger partial charge in [0.1, 0.15) is 0 Å². The van der Waals surface area contributed by atoms with Crippen LogP contribution in [0.4, 0.5) is 0 Å². The van der Waals surface area contributed by atoms with Gasteiger partial charge in [0, 0.05) is 37.6 Å². The minimum atomic E-state index is 0.788. The summed E-state index contributed by atoms with van der Waals surface area (Å²) in [6, 6.07) is 12.7. The van der Waals surface area contributed by atoms with E-state index in [1.54, 1.807) is 5.56 Å². The smallest absolute Gasteiger partial charge is 0.0223 e. The molecule has 2 aliphatic carbocycles. The Kier molecular flexibility index (Phi) is 2.66. The van der Waals surface area contributed by atoms with Gasteiger partial charge in [0.25, 0.3) is 0 Å². The van der Waals surface area contributed by atoms with Gasteiger partial charge in [0.2, 0.25) is 0 Å². The maximum atomic E-state index is 3.71. The number of rotatable bonds is 3. The summed E-state index contributed by atoms with van der Waals surface area (Å²) in [6.45, 7) is 3.73. The summed E-state index contributed by atoms with van der Waals surface area (Å²) in [5, 5.41) is 3.71. The molecule has 2 nitrogen and oxygen atoms in total. The van der Waals surface area contributed by atoms with Crippen molar-refractivity contribution in [1.29, 1.82) is 0 Å². The van der Waals surface area contributed by atoms with Gasteiger partial charge in [-0.3, -0.25) is 4.90 Å². The molecular formula is C16H22N2. The number of nitrogens with zero attached hydrogens (tertiary/aromatic N) is 1. The van der Waals surface area contributed by atoms with Gasteiger partial charge >= 0.3 is 0 Å². The summed E-state index contributed by atoms with van der Waals surface area (Å²) in [5.74, 6) is 1.80. The Hall–Kier alpha value is -0.860. The third-order valence-electron chi connectivity index (χ3n) is 4.88. The molecule has 2 saturated carbocycles. The highest BCUT2D eigenvalue weighted by Crippen LogP contribution is 2.45. The number of piperazine rings is 1. The molecule has 96 valence electrons. The van der Waals surface area contributed by atoms with E-state index in [2.05, 4.69) is 40.5 Å². The fourth-order valence-electron chi connectivity index (χ4n) is 3.56. The predicted octanol–water partition coefficient (Wildman–Crippen LogP) is 2.23. The summed E-state index contributed by atoms with van der Waals surface area (Å²) in [5.41, 5.74) is 1.55. The molecule has 3 unspecified atom stereocenters. The summed E-state index contributed by atoms with van der Waals surface area (Å²) >= 11 is 0. The lowest BCUT2D eigenvalue weighted by molar-refractivity contribution is 0.178. The van der Waals surface area contributed by atoms with Gasteiger partial charge in [0.15, 0.2) is 0 Å². The van der Waals surface area contributed by atoms with Crippen LogP contribution in [0.25, 0.3) is 0 Å². The Balaban J connectivity index is 1.40. The van der Waals surface area contributed by atoms with Crippen LogP contribution < -0.4 is 5.32 Å². The summed E-state index contributed by atoms with van der Waals surface area (Å²) in [6.07, 6.45) is 4.29. The molecule has 3 atom stereocenters. The zero-order valence-electron chi connectivity index (χ0n) is 10.9. The molecule has 1 aliphatic heterocycles. The fraction of sp³-hybridized carbons (Fsp3) is 0.625. The van der Waals surface area contributed by atoms with Crippen LogP contribution in [0.2, 0.25) is 0 Å². The molecule has 0 spiro atoms. The van der Waals surface area contributed by atoms with Gasteiger partial charge in [-0.1, -0.05) is 30.3 Å². The van der Waals surface area contributed by atoms with Crippen molar-refractivity contribution in [2.45, 2.75) is 37.3 Å². The second-order valence-corrected chi connectivity index (χ2v) is 6.21. The fourth-order valence-corrected chi connectivity index (χ4v) is 3.56. The van der Waals surface area contributed by atoms with Gasteiger partial charge in [-0.15, -0.1) is 0 Å². The van der Waals surface area contributed by atoms with Crippen molar-refractivity contribution in [2.24, 2.45) is 5.92 Å². The minimum absolute atomic E-state index is 0.788. The molecule has 1 aromatic rings. The van der Waals surface area contributed by atoms with Crippen LogP contribution in [0.5, 0.6) is 0 Å². The lowest BCUT2D eigenvalue weighted by atomic mass is 10.1. The summed E-state index contributed by atoms with van der Waals surface area (Å²) < 4.78 is 0. The normalized spacial score (nSPS) is 36.6. The van der Waals surface area contributed by atoms with Gasteiger partial charge in [0.05, 0.1) is 0 Å². The van der Waals surface area contributed by atoms with Crippen molar-refractivity contribution < 1.29 is 0 Å². The minimum Gasteiger partial charge on any atom is -0.311 e. The van der Waals surface area contributed by atoms with Crippen LogP contribution >= 0.6 is 0 Å². The molecule has 1 heterocycles. The third-order valence-corrected chi connectivity index (χ3v) is 4.88. The topological polar surface area (TPSA) is 15.3 Å². The first-order valence-electron chi connectivity index (χ1n) is 7.44. The quantitative estimate of drug-likeness (QED) is 0.874. The molecule has 1 N–H and O–H groups in total. The Labute approximate surface area is 109 Å². The molecular weight excluding hydrogens is 220 g/mol. The van der Waals surface area contributed by atoms with Crippen molar-refractivity contribution in [3.05, 3.63) is 35.9 Å². The van der Waals surface area contributed by atoms with E-state index in [1.807, 2.05) is 0 Å². The molecule has 1 aromatic carbocycles. The zero-order valence-corrected chi connectivity index (χ0v) is 10.9. The molecule has 4 rings (SSSR count). The Bertz CT molecular complexity index is 412. The van der Waals surface area contributed by atoms with Crippen LogP contribution in [-0.2, 0) is 0 Å². The van der Waals surface area contributed by atoms with E-state index < -0.39 is 0 Å². The van der Waals surface area contributed by atoms with E-state index in [4.69, 9.17) is 0 Å². The van der Waals surface area contributed by atoms with Crippen LogP contribution in [0, 0.1) is 5.92 Å². The second-order valence-electron chi connectivity index (χ2n) is 6.21. The van der Waals surface area contributed by atoms with Gasteiger partial charge in [-0.05, 0) is 30.7 Å². The Morgan fingerprint density at radius 3 is 2.72 bits per heavy atom. The zero-order chi connectivity index (χ0) is 11.9. The summed E-state index contributed by atoms with van der Waals surface area (Å²) in [7, 11) is 0. The molecule has 18 heavy (non-hydrogen) atoms. The lowest BCUT2D eigenvalue weighted by Crippen LogP contribution is -2.52. The van der Waals surface area contributed by atoms with Crippen molar-refractivity contribution in [3.8, 4) is 0 Å². The first kappa shape index (κ1) is 11.0. The van der Waals surface area contributed by atoms with Crippen LogP contribution in [0.3, 0.4) is 0 Å². The number of hydrogen-bond acceptors (Lipinski definition) is 2. The van der Waals surface area contributed by atoms with Crippen molar-refractivity contribution >= 4 is 0 Å². The molecule has 3 aliphatic rings. The van der Waals surface area contributed by atoms with E-state index >= 15 is 0 Å². The van der Waals surface area contributed by atoms with Gasteiger partial charge < -0.3 is 5.32 Å². The lowest BCUT2D eigenvalue weighted by Gasteiger charge is -2.34. The van der Waals surface area contributed by atoms with E-state index in [-0.39, 0.29) is 0 Å². The molecule has 0 amide bonds. The van der Waals surface area contributed by atoms with Gasteiger partial charge in [-0.25, -0.2) is 0 Å². The number of nitrogens with one attached hydrogen (secondary N) is 1. The maximum Gasteiger partial charge on any atom is 0.0223 e. The maximum absolute atomic E-state index is 3.71. The number of benzene rings is 1. The van der Waals surface area contributed by atoms with Crippen molar-refractivity contribution in [2.75, 3.05) is 19.6 Å². The van der Waals surface area contributed by atoms with E-state index in [0.717, 1.165) is 23.9 Å². The molecule has 1 saturated heterocycles. The van der Waals surface area contributed by atoms with Crippen molar-refractivity contribution in [3.63, 3.8) is 0 Å². The summed E-state index contributed by atoms with van der Waals surface area (Å²) in [4.78, 5) is 2.75. The standard InChI is InChI=1S/C16H22N2/c1-2-4-12(5-3-1)14-10-16(14)18-9-8-17-15(11-18)13-6-7-13/h1-5,13-17H,6-11H2. The highest BCUT2D eigenvalue weighted by atomic mass is 15.3. The highest BCUT2D eigenvalue weighted by molar-refractivity contribution is 5.28. The molecule has 3 fully saturated rings. The first-order valence-corrected chi connectivity index (χ1v) is 7.44. The molecule has 2 heteroatoms. The van der Waals surface area contributed by atoms with Crippen LogP contribution in [-0.4, -0.2) is 36.6 Å². The van der Waals surface area contributed by atoms with Gasteiger partial charge in [-0.2, -0.15) is 0 Å². The Morgan fingerprint density at radius 2 is 1.94 bits per heavy atom. The van der Waals surface area contributed by atoms with Crippen LogP contribution in [0.1, 0.15) is 30.7 Å². The average Bonchev–Trinajstić information content (AvgIpc) is 3.31. The highest BCUT2D eigenvalue weighted by Gasteiger charge is 2.45. The van der Waals surface area contributed by atoms with Crippen LogP contribution in [0.15, 0.2) is 30.3 Å². The third kappa shape index (κ3) is 2.08. The molecule has 0 radical (unpaired) electrons. The van der Waals surface area contributed by atoms with E-state index in [9.17, 15) is 0 Å². The largest absolute Gasteiger partial charge is 0.311 e. The molecule has 0 bridgehead atoms. The first-order chi connectivity index (χ1) is 8.92. The molecule has 0 aromatic heterocycles. The van der Waals surface area contributed by atoms with E-state index in [0.29, 0.717) is 0 Å².